The van der Waals surface area contributed by atoms with E-state index < -0.39 is 9.84 Å². The Morgan fingerprint density at radius 1 is 1.00 bits per heavy atom. The second-order valence-electron chi connectivity index (χ2n) is 6.76. The maximum Gasteiger partial charge on any atom is 0.219 e. The molecule has 3 aromatic rings. The van der Waals surface area contributed by atoms with E-state index in [9.17, 15) is 8.42 Å². The third kappa shape index (κ3) is 3.96. The molecule has 0 spiro atoms. The minimum Gasteiger partial charge on any atom is -0.378 e. The number of rotatable bonds is 4. The normalized spacial score (nSPS) is 14.3. The van der Waals surface area contributed by atoms with E-state index in [1.807, 2.05) is 6.07 Å². The summed E-state index contributed by atoms with van der Waals surface area (Å²) in [6.45, 7) is 9.64. The number of hydrogen-bond donors (Lipinski definition) is 1. The van der Waals surface area contributed by atoms with E-state index in [2.05, 4.69) is 19.7 Å². The smallest absolute Gasteiger partial charge is 0.219 e. The third-order valence-electron chi connectivity index (χ3n) is 4.84. The van der Waals surface area contributed by atoms with Crippen molar-refractivity contribution in [1.82, 2.24) is 9.97 Å². The van der Waals surface area contributed by atoms with Crippen molar-refractivity contribution >= 4 is 27.2 Å². The van der Waals surface area contributed by atoms with Gasteiger partial charge in [-0.25, -0.2) is 23.2 Å². The van der Waals surface area contributed by atoms with E-state index in [4.69, 9.17) is 17.0 Å². The summed E-state index contributed by atoms with van der Waals surface area (Å²) in [5, 5.41) is 0. The third-order valence-corrected chi connectivity index (χ3v) is 6.57. The Hall–Kier alpha value is -3.48. The lowest BCUT2D eigenvalue weighted by atomic mass is 10.1. The molecule has 1 fully saturated rings. The van der Waals surface area contributed by atoms with Gasteiger partial charge in [-0.05, 0) is 35.9 Å². The van der Waals surface area contributed by atoms with Crippen molar-refractivity contribution in [3.05, 3.63) is 66.3 Å². The number of hydrogen-bond acceptors (Lipinski definition) is 7. The van der Waals surface area contributed by atoms with Gasteiger partial charge in [0, 0.05) is 36.7 Å². The molecular weight excluding hydrogens is 402 g/mol. The van der Waals surface area contributed by atoms with Gasteiger partial charge in [0.25, 0.3) is 0 Å². The van der Waals surface area contributed by atoms with Crippen molar-refractivity contribution in [1.29, 1.82) is 0 Å². The lowest BCUT2D eigenvalue weighted by Crippen LogP contribution is -2.36. The van der Waals surface area contributed by atoms with Gasteiger partial charge < -0.3 is 15.4 Å². The molecule has 2 aromatic carbocycles. The molecule has 0 atom stereocenters. The maximum atomic E-state index is 13.4. The van der Waals surface area contributed by atoms with Crippen molar-refractivity contribution in [3.63, 3.8) is 0 Å². The first-order chi connectivity index (χ1) is 14.5. The number of nitrogen functional groups attached to an aromatic ring is 1. The molecule has 1 aliphatic rings. The molecule has 0 saturated carbocycles. The zero-order valence-corrected chi connectivity index (χ0v) is 16.8. The van der Waals surface area contributed by atoms with Crippen LogP contribution in [0.25, 0.3) is 16.0 Å². The molecule has 0 unspecified atom stereocenters. The molecule has 2 heterocycles. The largest absolute Gasteiger partial charge is 0.378 e. The monoisotopic (exact) mass is 421 g/mol. The van der Waals surface area contributed by atoms with E-state index in [0.29, 0.717) is 37.4 Å². The molecular formula is C21H19N5O3S. The van der Waals surface area contributed by atoms with Crippen LogP contribution in [0.3, 0.4) is 0 Å². The molecule has 1 aromatic heterocycles. The van der Waals surface area contributed by atoms with Crippen LogP contribution in [-0.4, -0.2) is 44.7 Å². The van der Waals surface area contributed by atoms with Crippen LogP contribution in [0.4, 0.5) is 17.3 Å². The average Bonchev–Trinajstić information content (AvgIpc) is 2.80. The van der Waals surface area contributed by atoms with E-state index in [0.717, 1.165) is 5.69 Å². The number of anilines is 2. The van der Waals surface area contributed by atoms with Crippen LogP contribution in [0, 0.1) is 6.57 Å². The van der Waals surface area contributed by atoms with Gasteiger partial charge in [0.05, 0.1) is 29.6 Å². The van der Waals surface area contributed by atoms with Gasteiger partial charge in [0.1, 0.15) is 0 Å². The highest BCUT2D eigenvalue weighted by molar-refractivity contribution is 7.91. The molecule has 9 heteroatoms. The number of aromatic nitrogens is 2. The molecule has 0 radical (unpaired) electrons. The van der Waals surface area contributed by atoms with E-state index in [1.165, 1.54) is 12.1 Å². The lowest BCUT2D eigenvalue weighted by Gasteiger charge is -2.29. The van der Waals surface area contributed by atoms with Gasteiger partial charge in [-0.15, -0.1) is 0 Å². The summed E-state index contributed by atoms with van der Waals surface area (Å²) in [5.74, 6) is 0.145. The van der Waals surface area contributed by atoms with Crippen molar-refractivity contribution in [2.75, 3.05) is 36.9 Å². The van der Waals surface area contributed by atoms with Crippen molar-refractivity contribution in [2.45, 2.75) is 9.79 Å². The lowest BCUT2D eigenvalue weighted by molar-refractivity contribution is 0.122. The van der Waals surface area contributed by atoms with Crippen LogP contribution in [0.5, 0.6) is 0 Å². The second kappa shape index (κ2) is 8.10. The van der Waals surface area contributed by atoms with Gasteiger partial charge in [-0.1, -0.05) is 12.1 Å². The first-order valence-electron chi connectivity index (χ1n) is 9.26. The predicted octanol–water partition coefficient (Wildman–Crippen LogP) is 2.95. The van der Waals surface area contributed by atoms with Crippen LogP contribution < -0.4 is 10.6 Å². The van der Waals surface area contributed by atoms with Gasteiger partial charge in [0.15, 0.2) is 5.69 Å². The molecule has 152 valence electrons. The summed E-state index contributed by atoms with van der Waals surface area (Å²) in [4.78, 5) is 13.7. The summed E-state index contributed by atoms with van der Waals surface area (Å²) in [5.41, 5.74) is 7.96. The maximum absolute atomic E-state index is 13.4. The molecule has 30 heavy (non-hydrogen) atoms. The van der Waals surface area contributed by atoms with Crippen LogP contribution in [0.15, 0.2) is 64.6 Å². The number of nitrogens with zero attached hydrogens (tertiary/aromatic N) is 4. The Morgan fingerprint density at radius 2 is 1.73 bits per heavy atom. The molecule has 4 rings (SSSR count). The molecule has 0 amide bonds. The summed E-state index contributed by atoms with van der Waals surface area (Å²) in [6.07, 6.45) is 3.13. The summed E-state index contributed by atoms with van der Waals surface area (Å²) in [7, 11) is -3.84. The predicted molar refractivity (Wildman–Crippen MR) is 113 cm³/mol. The Morgan fingerprint density at radius 3 is 2.43 bits per heavy atom. The Bertz CT molecular complexity index is 1210. The number of sulfone groups is 1. The number of benzene rings is 2. The highest BCUT2D eigenvalue weighted by Gasteiger charge is 2.22. The molecule has 0 aliphatic carbocycles. The Labute approximate surface area is 174 Å². The minimum atomic E-state index is -3.84. The Kier molecular flexibility index (Phi) is 5.35. The first-order valence-corrected chi connectivity index (χ1v) is 10.7. The van der Waals surface area contributed by atoms with Crippen molar-refractivity contribution in [3.8, 4) is 11.1 Å². The first kappa shape index (κ1) is 19.8. The molecule has 1 aliphatic heterocycles. The van der Waals surface area contributed by atoms with E-state index in [1.54, 1.807) is 36.7 Å². The van der Waals surface area contributed by atoms with Crippen LogP contribution in [-0.2, 0) is 14.6 Å². The molecule has 8 nitrogen and oxygen atoms in total. The van der Waals surface area contributed by atoms with E-state index >= 15 is 0 Å². The summed E-state index contributed by atoms with van der Waals surface area (Å²) < 4.78 is 32.2. The number of ether oxygens (including phenoxy) is 1. The average molecular weight is 421 g/mol. The summed E-state index contributed by atoms with van der Waals surface area (Å²) >= 11 is 0. The Balaban J connectivity index is 1.86. The summed E-state index contributed by atoms with van der Waals surface area (Å²) in [6, 6.07) is 11.2. The fourth-order valence-electron chi connectivity index (χ4n) is 3.25. The van der Waals surface area contributed by atoms with Gasteiger partial charge in [-0.2, -0.15) is 0 Å². The van der Waals surface area contributed by atoms with Gasteiger partial charge >= 0.3 is 0 Å². The zero-order chi connectivity index (χ0) is 21.1. The topological polar surface area (TPSA) is 103 Å². The second-order valence-corrected chi connectivity index (χ2v) is 8.71. The van der Waals surface area contributed by atoms with Crippen LogP contribution in [0.2, 0.25) is 0 Å². The molecule has 1 saturated heterocycles. The molecule has 2 N–H and O–H groups in total. The highest BCUT2D eigenvalue weighted by Crippen LogP contribution is 2.32. The quantitative estimate of drug-likeness (QED) is 0.646. The number of nitrogens with two attached hydrogens (primary N) is 1. The van der Waals surface area contributed by atoms with Crippen LogP contribution in [0.1, 0.15) is 0 Å². The minimum absolute atomic E-state index is 0.0784. The fraction of sp³-hybridized carbons (Fsp3) is 0.190. The zero-order valence-electron chi connectivity index (χ0n) is 16.0. The van der Waals surface area contributed by atoms with Crippen molar-refractivity contribution < 1.29 is 13.2 Å². The highest BCUT2D eigenvalue weighted by atomic mass is 32.2. The SMILES string of the molecule is [C-]#[N+]c1cccc(S(=O)(=O)c2cc(-c3cnc(N)nc3)cc(N3CCOCC3)c2)c1. The van der Waals surface area contributed by atoms with Gasteiger partial charge in [-0.3, -0.25) is 0 Å². The van der Waals surface area contributed by atoms with Crippen molar-refractivity contribution in [2.24, 2.45) is 0 Å². The number of morpholine rings is 1. The standard InChI is InChI=1S/C21H19N5O3S/c1-23-17-3-2-4-19(11-17)30(27,28)20-10-15(16-13-24-21(22)25-14-16)9-18(12-20)26-5-7-29-8-6-26/h2-4,9-14H,5-8H2,(H2,22,24,25). The van der Waals surface area contributed by atoms with E-state index in [-0.39, 0.29) is 21.4 Å². The van der Waals surface area contributed by atoms with Gasteiger partial charge in [0.2, 0.25) is 15.8 Å². The molecule has 0 bridgehead atoms. The fourth-order valence-corrected chi connectivity index (χ4v) is 4.62. The van der Waals surface area contributed by atoms with Crippen LogP contribution >= 0.6 is 0 Å².